The molecule has 3 nitrogen and oxygen atoms in total. The number of rotatable bonds is 2. The molecule has 0 spiro atoms. The van der Waals surface area contributed by atoms with Crippen LogP contribution in [0.25, 0.3) is 0 Å². The van der Waals surface area contributed by atoms with Crippen molar-refractivity contribution in [1.82, 2.24) is 4.98 Å². The van der Waals surface area contributed by atoms with E-state index in [0.29, 0.717) is 6.04 Å². The Labute approximate surface area is 95.9 Å². The van der Waals surface area contributed by atoms with Gasteiger partial charge in [-0.25, -0.2) is 4.98 Å². The Hall–Kier alpha value is -0.610. The van der Waals surface area contributed by atoms with Gasteiger partial charge in [0.15, 0.2) is 5.13 Å². The van der Waals surface area contributed by atoms with E-state index in [2.05, 4.69) is 17.2 Å². The maximum atomic E-state index is 5.29. The van der Waals surface area contributed by atoms with Crippen LogP contribution < -0.4 is 5.32 Å². The first-order chi connectivity index (χ1) is 7.34. The average Bonchev–Trinajstić information content (AvgIpc) is 2.68. The van der Waals surface area contributed by atoms with Crippen LogP contribution in [-0.4, -0.2) is 24.2 Å². The summed E-state index contributed by atoms with van der Waals surface area (Å²) in [6, 6.07) is 0.555. The molecule has 1 fully saturated rings. The number of aromatic nitrogens is 1. The molecule has 1 aliphatic rings. The van der Waals surface area contributed by atoms with Crippen LogP contribution >= 0.6 is 11.3 Å². The number of ether oxygens (including phenoxy) is 1. The molecule has 0 saturated carbocycles. The number of aryl methyl sites for hydroxylation is 1. The van der Waals surface area contributed by atoms with E-state index in [1.54, 1.807) is 11.3 Å². The van der Waals surface area contributed by atoms with Crippen LogP contribution in [0.15, 0.2) is 6.20 Å². The van der Waals surface area contributed by atoms with Crippen molar-refractivity contribution in [2.24, 2.45) is 0 Å². The Morgan fingerprint density at radius 3 is 2.60 bits per heavy atom. The van der Waals surface area contributed by atoms with Gasteiger partial charge < -0.3 is 10.1 Å². The fourth-order valence-corrected chi connectivity index (χ4v) is 2.18. The molecule has 1 aromatic heterocycles. The van der Waals surface area contributed by atoms with Gasteiger partial charge in [0.25, 0.3) is 0 Å². The van der Waals surface area contributed by atoms with Crippen molar-refractivity contribution in [3.05, 3.63) is 11.1 Å². The molecule has 1 aliphatic heterocycles. The van der Waals surface area contributed by atoms with E-state index < -0.39 is 0 Å². The lowest BCUT2D eigenvalue weighted by molar-refractivity contribution is 0.0904. The Bertz CT molecular complexity index is 269. The highest BCUT2D eigenvalue weighted by Crippen LogP contribution is 2.20. The van der Waals surface area contributed by atoms with E-state index in [1.807, 2.05) is 20.0 Å². The molecule has 4 heteroatoms. The predicted octanol–water partition coefficient (Wildman–Crippen LogP) is 3.07. The molecule has 0 aromatic carbocycles. The first kappa shape index (κ1) is 12.5. The zero-order valence-electron chi connectivity index (χ0n) is 9.75. The standard InChI is InChI=1S/C9H14N2OS.C2H6/c1-7-6-10-9(13-7)11-8-2-4-12-5-3-8;1-2/h6,8H,2-5H2,1H3,(H,10,11);1-2H3. The van der Waals surface area contributed by atoms with Gasteiger partial charge >= 0.3 is 0 Å². The summed E-state index contributed by atoms with van der Waals surface area (Å²) in [5, 5.41) is 4.47. The molecule has 86 valence electrons. The highest BCUT2D eigenvalue weighted by molar-refractivity contribution is 7.15. The van der Waals surface area contributed by atoms with Crippen molar-refractivity contribution >= 4 is 16.5 Å². The average molecular weight is 228 g/mol. The van der Waals surface area contributed by atoms with Crippen LogP contribution in [0, 0.1) is 6.92 Å². The second kappa shape index (κ2) is 6.80. The Kier molecular flexibility index (Phi) is 5.65. The van der Waals surface area contributed by atoms with Crippen LogP contribution in [0.3, 0.4) is 0 Å². The first-order valence-corrected chi connectivity index (χ1v) is 6.43. The molecule has 1 N–H and O–H groups in total. The number of nitrogens with one attached hydrogen (secondary N) is 1. The number of anilines is 1. The molecule has 1 saturated heterocycles. The van der Waals surface area contributed by atoms with Crippen molar-refractivity contribution in [2.45, 2.75) is 39.7 Å². The predicted molar refractivity (Wildman–Crippen MR) is 65.7 cm³/mol. The Balaban J connectivity index is 0.000000531. The van der Waals surface area contributed by atoms with Gasteiger partial charge in [-0.1, -0.05) is 13.8 Å². The number of hydrogen-bond donors (Lipinski definition) is 1. The zero-order chi connectivity index (χ0) is 11.1. The van der Waals surface area contributed by atoms with Gasteiger partial charge in [-0.2, -0.15) is 0 Å². The summed E-state index contributed by atoms with van der Waals surface area (Å²) >= 11 is 1.72. The molecule has 2 heterocycles. The molecule has 0 aliphatic carbocycles. The molecular weight excluding hydrogens is 208 g/mol. The van der Waals surface area contributed by atoms with Crippen molar-refractivity contribution in [3.8, 4) is 0 Å². The smallest absolute Gasteiger partial charge is 0.183 e. The van der Waals surface area contributed by atoms with Gasteiger partial charge in [0.05, 0.1) is 0 Å². The van der Waals surface area contributed by atoms with E-state index in [1.165, 1.54) is 4.88 Å². The summed E-state index contributed by atoms with van der Waals surface area (Å²) in [6.45, 7) is 7.83. The summed E-state index contributed by atoms with van der Waals surface area (Å²) in [4.78, 5) is 5.54. The van der Waals surface area contributed by atoms with E-state index in [4.69, 9.17) is 4.74 Å². The van der Waals surface area contributed by atoms with E-state index in [-0.39, 0.29) is 0 Å². The molecule has 0 radical (unpaired) electrons. The minimum Gasteiger partial charge on any atom is -0.381 e. The van der Waals surface area contributed by atoms with Crippen molar-refractivity contribution in [1.29, 1.82) is 0 Å². The Morgan fingerprint density at radius 1 is 1.40 bits per heavy atom. The second-order valence-electron chi connectivity index (χ2n) is 3.31. The number of thiazole rings is 1. The lowest BCUT2D eigenvalue weighted by Gasteiger charge is -2.22. The summed E-state index contributed by atoms with van der Waals surface area (Å²) < 4.78 is 5.29. The van der Waals surface area contributed by atoms with Gasteiger partial charge in [0, 0.05) is 30.3 Å². The maximum Gasteiger partial charge on any atom is 0.183 e. The lowest BCUT2D eigenvalue weighted by Crippen LogP contribution is -2.27. The third-order valence-electron chi connectivity index (χ3n) is 2.17. The molecule has 0 amide bonds. The van der Waals surface area contributed by atoms with Crippen molar-refractivity contribution < 1.29 is 4.74 Å². The van der Waals surface area contributed by atoms with E-state index in [0.717, 1.165) is 31.2 Å². The highest BCUT2D eigenvalue weighted by atomic mass is 32.1. The third-order valence-corrected chi connectivity index (χ3v) is 3.01. The normalized spacial score (nSPS) is 16.7. The van der Waals surface area contributed by atoms with Crippen LogP contribution in [-0.2, 0) is 4.74 Å². The fraction of sp³-hybridized carbons (Fsp3) is 0.727. The minimum atomic E-state index is 0.555. The fourth-order valence-electron chi connectivity index (χ4n) is 1.44. The van der Waals surface area contributed by atoms with Crippen LogP contribution in [0.1, 0.15) is 31.6 Å². The summed E-state index contributed by atoms with van der Waals surface area (Å²) in [7, 11) is 0. The van der Waals surface area contributed by atoms with E-state index >= 15 is 0 Å². The topological polar surface area (TPSA) is 34.2 Å². The maximum absolute atomic E-state index is 5.29. The van der Waals surface area contributed by atoms with Crippen molar-refractivity contribution in [3.63, 3.8) is 0 Å². The quantitative estimate of drug-likeness (QED) is 0.844. The molecule has 0 bridgehead atoms. The van der Waals surface area contributed by atoms with Crippen LogP contribution in [0.5, 0.6) is 0 Å². The largest absolute Gasteiger partial charge is 0.381 e. The molecular formula is C11H20N2OS. The van der Waals surface area contributed by atoms with Gasteiger partial charge in [0.2, 0.25) is 0 Å². The summed E-state index contributed by atoms with van der Waals surface area (Å²) in [5.74, 6) is 0. The SMILES string of the molecule is CC.Cc1cnc(NC2CCOCC2)s1. The van der Waals surface area contributed by atoms with Gasteiger partial charge in [0.1, 0.15) is 0 Å². The number of nitrogens with zero attached hydrogens (tertiary/aromatic N) is 1. The van der Waals surface area contributed by atoms with Gasteiger partial charge in [-0.15, -0.1) is 11.3 Å². The third kappa shape index (κ3) is 4.18. The molecule has 2 rings (SSSR count). The summed E-state index contributed by atoms with van der Waals surface area (Å²) in [6.07, 6.45) is 4.10. The summed E-state index contributed by atoms with van der Waals surface area (Å²) in [5.41, 5.74) is 0. The molecule has 0 atom stereocenters. The van der Waals surface area contributed by atoms with Gasteiger partial charge in [-0.3, -0.25) is 0 Å². The van der Waals surface area contributed by atoms with Crippen LogP contribution in [0.4, 0.5) is 5.13 Å². The minimum absolute atomic E-state index is 0.555. The molecule has 0 unspecified atom stereocenters. The zero-order valence-corrected chi connectivity index (χ0v) is 10.6. The number of hydrogen-bond acceptors (Lipinski definition) is 4. The van der Waals surface area contributed by atoms with Gasteiger partial charge in [-0.05, 0) is 19.8 Å². The molecule has 1 aromatic rings. The van der Waals surface area contributed by atoms with E-state index in [9.17, 15) is 0 Å². The highest BCUT2D eigenvalue weighted by Gasteiger charge is 2.14. The first-order valence-electron chi connectivity index (χ1n) is 5.61. The lowest BCUT2D eigenvalue weighted by atomic mass is 10.1. The monoisotopic (exact) mass is 228 g/mol. The molecule has 15 heavy (non-hydrogen) atoms. The second-order valence-corrected chi connectivity index (χ2v) is 4.54. The Morgan fingerprint density at radius 2 is 2.07 bits per heavy atom. The van der Waals surface area contributed by atoms with Crippen molar-refractivity contribution in [2.75, 3.05) is 18.5 Å². The van der Waals surface area contributed by atoms with Crippen LogP contribution in [0.2, 0.25) is 0 Å².